The molecule has 15 heavy (non-hydrogen) atoms. The van der Waals surface area contributed by atoms with Crippen LogP contribution in [0.15, 0.2) is 28.7 Å². The van der Waals surface area contributed by atoms with Crippen molar-refractivity contribution in [1.82, 2.24) is 15.0 Å². The number of aldehydes is 1. The number of aryl methyl sites for hydroxylation is 1. The third-order valence-electron chi connectivity index (χ3n) is 2.11. The Balaban J connectivity index is 2.64. The molecule has 4 nitrogen and oxygen atoms in total. The highest BCUT2D eigenvalue weighted by molar-refractivity contribution is 9.10. The zero-order valence-electron chi connectivity index (χ0n) is 8.01. The Bertz CT molecular complexity index is 507. The number of aromatic nitrogens is 3. The van der Waals surface area contributed by atoms with Gasteiger partial charge in [-0.25, -0.2) is 4.68 Å². The van der Waals surface area contributed by atoms with E-state index >= 15 is 0 Å². The van der Waals surface area contributed by atoms with Crippen molar-refractivity contribution in [3.63, 3.8) is 0 Å². The van der Waals surface area contributed by atoms with E-state index in [-0.39, 0.29) is 0 Å². The highest BCUT2D eigenvalue weighted by Crippen LogP contribution is 2.27. The predicted molar refractivity (Wildman–Crippen MR) is 59.5 cm³/mol. The fourth-order valence-corrected chi connectivity index (χ4v) is 1.81. The largest absolute Gasteiger partial charge is 0.296 e. The molecule has 0 atom stereocenters. The first-order valence-electron chi connectivity index (χ1n) is 4.34. The van der Waals surface area contributed by atoms with Crippen molar-refractivity contribution < 1.29 is 4.79 Å². The SMILES string of the molecule is Cn1nnc(-c2ccccc2Br)c1C=O. The van der Waals surface area contributed by atoms with E-state index in [2.05, 4.69) is 26.2 Å². The number of nitrogens with zero attached hydrogens (tertiary/aromatic N) is 3. The van der Waals surface area contributed by atoms with Crippen LogP contribution in [0.2, 0.25) is 0 Å². The number of carbonyl (C=O) groups excluding carboxylic acids is 1. The van der Waals surface area contributed by atoms with Crippen LogP contribution < -0.4 is 0 Å². The number of rotatable bonds is 2. The number of halogens is 1. The second-order valence-electron chi connectivity index (χ2n) is 3.04. The molecule has 0 saturated carbocycles. The van der Waals surface area contributed by atoms with Crippen LogP contribution >= 0.6 is 15.9 Å². The molecular weight excluding hydrogens is 258 g/mol. The Kier molecular flexibility index (Phi) is 2.64. The highest BCUT2D eigenvalue weighted by atomic mass is 79.9. The van der Waals surface area contributed by atoms with Gasteiger partial charge >= 0.3 is 0 Å². The molecule has 0 saturated heterocycles. The van der Waals surface area contributed by atoms with E-state index in [0.29, 0.717) is 11.4 Å². The minimum atomic E-state index is 0.474. The lowest BCUT2D eigenvalue weighted by atomic mass is 10.1. The molecule has 2 rings (SSSR count). The first-order chi connectivity index (χ1) is 7.24. The van der Waals surface area contributed by atoms with Crippen molar-refractivity contribution in [3.8, 4) is 11.3 Å². The zero-order valence-corrected chi connectivity index (χ0v) is 9.60. The van der Waals surface area contributed by atoms with Crippen LogP contribution in [-0.4, -0.2) is 21.3 Å². The molecule has 0 aliphatic heterocycles. The minimum absolute atomic E-state index is 0.474. The van der Waals surface area contributed by atoms with E-state index in [0.717, 1.165) is 16.3 Å². The van der Waals surface area contributed by atoms with Gasteiger partial charge in [0.05, 0.1) is 0 Å². The number of hydrogen-bond donors (Lipinski definition) is 0. The second kappa shape index (κ2) is 3.94. The highest BCUT2D eigenvalue weighted by Gasteiger charge is 2.13. The molecule has 1 aromatic carbocycles. The first kappa shape index (κ1) is 10.0. The Morgan fingerprint density at radius 2 is 2.13 bits per heavy atom. The number of hydrogen-bond acceptors (Lipinski definition) is 3. The average Bonchev–Trinajstić information content (AvgIpc) is 2.60. The molecule has 0 bridgehead atoms. The number of carbonyl (C=O) groups is 1. The maximum atomic E-state index is 10.9. The standard InChI is InChI=1S/C10H8BrN3O/c1-14-9(6-15)10(12-13-14)7-4-2-3-5-8(7)11/h2-6H,1H3. The predicted octanol–water partition coefficient (Wildman–Crippen LogP) is 2.06. The zero-order chi connectivity index (χ0) is 10.8. The van der Waals surface area contributed by atoms with Crippen LogP contribution in [0.1, 0.15) is 10.5 Å². The lowest BCUT2D eigenvalue weighted by molar-refractivity contribution is 0.111. The molecule has 5 heteroatoms. The van der Waals surface area contributed by atoms with E-state index in [1.807, 2.05) is 24.3 Å². The van der Waals surface area contributed by atoms with Gasteiger partial charge in [-0.15, -0.1) is 5.10 Å². The molecule has 0 amide bonds. The third-order valence-corrected chi connectivity index (χ3v) is 2.80. The summed E-state index contributed by atoms with van der Waals surface area (Å²) < 4.78 is 2.36. The van der Waals surface area contributed by atoms with Crippen molar-refractivity contribution in [2.24, 2.45) is 7.05 Å². The monoisotopic (exact) mass is 265 g/mol. The van der Waals surface area contributed by atoms with E-state index in [1.54, 1.807) is 7.05 Å². The van der Waals surface area contributed by atoms with Crippen molar-refractivity contribution >= 4 is 22.2 Å². The molecule has 1 aromatic heterocycles. The molecule has 0 aliphatic rings. The van der Waals surface area contributed by atoms with Gasteiger partial charge in [0.2, 0.25) is 0 Å². The van der Waals surface area contributed by atoms with Crippen molar-refractivity contribution in [2.45, 2.75) is 0 Å². The van der Waals surface area contributed by atoms with Crippen LogP contribution in [0.5, 0.6) is 0 Å². The van der Waals surface area contributed by atoms with Crippen LogP contribution in [0.3, 0.4) is 0 Å². The molecule has 0 fully saturated rings. The number of benzene rings is 1. The lowest BCUT2D eigenvalue weighted by Gasteiger charge is -2.00. The summed E-state index contributed by atoms with van der Waals surface area (Å²) in [5.41, 5.74) is 1.94. The molecule has 76 valence electrons. The van der Waals surface area contributed by atoms with Gasteiger partial charge in [0.15, 0.2) is 6.29 Å². The van der Waals surface area contributed by atoms with Gasteiger partial charge in [0.1, 0.15) is 11.4 Å². The van der Waals surface area contributed by atoms with Gasteiger partial charge in [0.25, 0.3) is 0 Å². The van der Waals surface area contributed by atoms with Crippen LogP contribution in [0, 0.1) is 0 Å². The summed E-state index contributed by atoms with van der Waals surface area (Å²) in [6.07, 6.45) is 0.759. The molecule has 0 aliphatic carbocycles. The van der Waals surface area contributed by atoms with Crippen LogP contribution in [-0.2, 0) is 7.05 Å². The van der Waals surface area contributed by atoms with Gasteiger partial charge < -0.3 is 0 Å². The molecule has 0 N–H and O–H groups in total. The average molecular weight is 266 g/mol. The maximum absolute atomic E-state index is 10.9. The fraction of sp³-hybridized carbons (Fsp3) is 0.100. The molecule has 0 unspecified atom stereocenters. The van der Waals surface area contributed by atoms with E-state index in [1.165, 1.54) is 4.68 Å². The summed E-state index contributed by atoms with van der Waals surface area (Å²) >= 11 is 3.41. The van der Waals surface area contributed by atoms with Gasteiger partial charge in [-0.1, -0.05) is 39.3 Å². The van der Waals surface area contributed by atoms with Crippen molar-refractivity contribution in [3.05, 3.63) is 34.4 Å². The van der Waals surface area contributed by atoms with Gasteiger partial charge in [-0.05, 0) is 6.07 Å². The van der Waals surface area contributed by atoms with Crippen molar-refractivity contribution in [1.29, 1.82) is 0 Å². The quantitative estimate of drug-likeness (QED) is 0.781. The summed E-state index contributed by atoms with van der Waals surface area (Å²) in [5.74, 6) is 0. The summed E-state index contributed by atoms with van der Waals surface area (Å²) in [6.45, 7) is 0. The van der Waals surface area contributed by atoms with Gasteiger partial charge in [0, 0.05) is 17.1 Å². The molecule has 2 aromatic rings. The first-order valence-corrected chi connectivity index (χ1v) is 5.13. The smallest absolute Gasteiger partial charge is 0.170 e. The topological polar surface area (TPSA) is 47.8 Å². The lowest BCUT2D eigenvalue weighted by Crippen LogP contribution is -1.97. The van der Waals surface area contributed by atoms with Crippen molar-refractivity contribution in [2.75, 3.05) is 0 Å². The van der Waals surface area contributed by atoms with E-state index < -0.39 is 0 Å². The second-order valence-corrected chi connectivity index (χ2v) is 3.90. The normalized spacial score (nSPS) is 10.3. The molecular formula is C10H8BrN3O. The van der Waals surface area contributed by atoms with Gasteiger partial charge in [-0.3, -0.25) is 4.79 Å². The van der Waals surface area contributed by atoms with E-state index in [4.69, 9.17) is 0 Å². The van der Waals surface area contributed by atoms with Gasteiger partial charge in [-0.2, -0.15) is 0 Å². The van der Waals surface area contributed by atoms with Crippen LogP contribution in [0.4, 0.5) is 0 Å². The Labute approximate surface area is 95.0 Å². The summed E-state index contributed by atoms with van der Waals surface area (Å²) in [6, 6.07) is 7.59. The summed E-state index contributed by atoms with van der Waals surface area (Å²) in [7, 11) is 1.69. The van der Waals surface area contributed by atoms with E-state index in [9.17, 15) is 4.79 Å². The Hall–Kier alpha value is -1.49. The summed E-state index contributed by atoms with van der Waals surface area (Å²) in [4.78, 5) is 10.9. The van der Waals surface area contributed by atoms with Crippen LogP contribution in [0.25, 0.3) is 11.3 Å². The maximum Gasteiger partial charge on any atom is 0.170 e. The molecule has 1 heterocycles. The Morgan fingerprint density at radius 3 is 2.80 bits per heavy atom. The third kappa shape index (κ3) is 1.70. The Morgan fingerprint density at radius 1 is 1.40 bits per heavy atom. The molecule has 0 spiro atoms. The minimum Gasteiger partial charge on any atom is -0.296 e. The molecule has 0 radical (unpaired) electrons. The fourth-order valence-electron chi connectivity index (χ4n) is 1.34. The summed E-state index contributed by atoms with van der Waals surface area (Å²) in [5, 5.41) is 7.79.